The van der Waals surface area contributed by atoms with Crippen LogP contribution in [0.3, 0.4) is 0 Å². The van der Waals surface area contributed by atoms with Gasteiger partial charge in [-0.2, -0.15) is 0 Å². The van der Waals surface area contributed by atoms with E-state index in [-0.39, 0.29) is 5.56 Å². The Balaban J connectivity index is 1.53. The quantitative estimate of drug-likeness (QED) is 0.457. The maximum atomic E-state index is 13.9. The maximum absolute atomic E-state index is 13.9. The SMILES string of the molecule is CN(C)CC(c1cc(F)cc(F)c1)n1ccc(-c2c[nH]c3ncc(N4CCOCC4)cc23)cc1=O. The zero-order valence-corrected chi connectivity index (χ0v) is 19.7. The molecule has 1 aliphatic rings. The Labute approximate surface area is 201 Å². The van der Waals surface area contributed by atoms with Crippen molar-refractivity contribution in [3.63, 3.8) is 0 Å². The molecule has 0 saturated carbocycles. The Bertz CT molecular complexity index is 1390. The van der Waals surface area contributed by atoms with Gasteiger partial charge in [0.2, 0.25) is 0 Å². The fourth-order valence-corrected chi connectivity index (χ4v) is 4.61. The number of nitrogens with one attached hydrogen (secondary N) is 1. The number of aromatic nitrogens is 3. The van der Waals surface area contributed by atoms with E-state index in [2.05, 4.69) is 20.9 Å². The summed E-state index contributed by atoms with van der Waals surface area (Å²) in [6.07, 6.45) is 5.38. The Morgan fingerprint density at radius 1 is 1.11 bits per heavy atom. The summed E-state index contributed by atoms with van der Waals surface area (Å²) in [5.74, 6) is -1.34. The van der Waals surface area contributed by atoms with Crippen molar-refractivity contribution in [2.75, 3.05) is 51.8 Å². The van der Waals surface area contributed by atoms with Crippen LogP contribution in [0.5, 0.6) is 0 Å². The summed E-state index contributed by atoms with van der Waals surface area (Å²) in [7, 11) is 3.71. The van der Waals surface area contributed by atoms with Gasteiger partial charge in [-0.05, 0) is 49.5 Å². The van der Waals surface area contributed by atoms with Gasteiger partial charge in [-0.25, -0.2) is 13.8 Å². The van der Waals surface area contributed by atoms with Crippen molar-refractivity contribution in [3.8, 4) is 11.1 Å². The number of fused-ring (bicyclic) bond motifs is 1. The maximum Gasteiger partial charge on any atom is 0.251 e. The van der Waals surface area contributed by atoms with Crippen molar-refractivity contribution in [1.29, 1.82) is 0 Å². The highest BCUT2D eigenvalue weighted by atomic mass is 19.1. The van der Waals surface area contributed by atoms with Gasteiger partial charge in [0.1, 0.15) is 17.3 Å². The zero-order valence-electron chi connectivity index (χ0n) is 19.7. The third kappa shape index (κ3) is 4.82. The minimum atomic E-state index is -0.671. The number of hydrogen-bond acceptors (Lipinski definition) is 5. The summed E-state index contributed by atoms with van der Waals surface area (Å²) in [6, 6.07) is 8.32. The normalized spacial score (nSPS) is 15.2. The average Bonchev–Trinajstić information content (AvgIpc) is 3.26. The molecule has 0 aliphatic carbocycles. The van der Waals surface area contributed by atoms with Crippen LogP contribution < -0.4 is 10.5 Å². The van der Waals surface area contributed by atoms with E-state index < -0.39 is 17.7 Å². The average molecular weight is 480 g/mol. The molecule has 9 heteroatoms. The first-order chi connectivity index (χ1) is 16.9. The van der Waals surface area contributed by atoms with Crippen LogP contribution in [0.4, 0.5) is 14.5 Å². The van der Waals surface area contributed by atoms with E-state index >= 15 is 0 Å². The smallest absolute Gasteiger partial charge is 0.251 e. The Kier molecular flexibility index (Phi) is 6.36. The predicted octanol–water partition coefficient (Wildman–Crippen LogP) is 3.66. The molecule has 1 unspecified atom stereocenters. The molecule has 3 aromatic heterocycles. The van der Waals surface area contributed by atoms with Gasteiger partial charge >= 0.3 is 0 Å². The molecule has 0 amide bonds. The first-order valence-corrected chi connectivity index (χ1v) is 11.5. The number of H-pyrrole nitrogens is 1. The summed E-state index contributed by atoms with van der Waals surface area (Å²) in [6.45, 7) is 3.37. The lowest BCUT2D eigenvalue weighted by Gasteiger charge is -2.28. The molecule has 1 aromatic carbocycles. The van der Waals surface area contributed by atoms with Gasteiger partial charge in [0, 0.05) is 55.1 Å². The number of morpholine rings is 1. The second-order valence-corrected chi connectivity index (χ2v) is 9.03. The molecule has 1 saturated heterocycles. The number of rotatable bonds is 6. The van der Waals surface area contributed by atoms with Crippen LogP contribution in [0.25, 0.3) is 22.2 Å². The highest BCUT2D eigenvalue weighted by molar-refractivity contribution is 5.95. The number of nitrogens with zero attached hydrogens (tertiary/aromatic N) is 4. The Morgan fingerprint density at radius 2 is 1.86 bits per heavy atom. The predicted molar refractivity (Wildman–Crippen MR) is 132 cm³/mol. The molecule has 0 spiro atoms. The first kappa shape index (κ1) is 23.2. The molecule has 1 fully saturated rings. The summed E-state index contributed by atoms with van der Waals surface area (Å²) in [5, 5.41) is 0.920. The standard InChI is InChI=1S/C26H27F2N5O2/c1-31(2)16-24(18-9-19(27)12-20(28)10-18)33-4-3-17(11-25(33)34)23-15-30-26-22(23)13-21(14-29-26)32-5-7-35-8-6-32/h3-4,9-15,24H,5-8,16H2,1-2H3,(H,29,30). The van der Waals surface area contributed by atoms with Crippen molar-refractivity contribution in [2.45, 2.75) is 6.04 Å². The van der Waals surface area contributed by atoms with E-state index in [1.807, 2.05) is 37.5 Å². The fourth-order valence-electron chi connectivity index (χ4n) is 4.61. The molecular weight excluding hydrogens is 452 g/mol. The number of anilines is 1. The van der Waals surface area contributed by atoms with E-state index in [0.717, 1.165) is 47.0 Å². The van der Waals surface area contributed by atoms with E-state index in [9.17, 15) is 13.6 Å². The molecule has 4 aromatic rings. The molecule has 1 atom stereocenters. The van der Waals surface area contributed by atoms with Crippen LogP contribution in [-0.4, -0.2) is 66.4 Å². The lowest BCUT2D eigenvalue weighted by atomic mass is 10.0. The van der Waals surface area contributed by atoms with E-state index in [4.69, 9.17) is 4.74 Å². The number of pyridine rings is 2. The fraction of sp³-hybridized carbons (Fsp3) is 0.308. The zero-order chi connectivity index (χ0) is 24.5. The van der Waals surface area contributed by atoms with Gasteiger partial charge < -0.3 is 24.1 Å². The number of likely N-dealkylation sites (N-methyl/N-ethyl adjacent to an activating group) is 1. The van der Waals surface area contributed by atoms with Crippen molar-refractivity contribution in [3.05, 3.63) is 82.5 Å². The second kappa shape index (κ2) is 9.59. The van der Waals surface area contributed by atoms with Crippen molar-refractivity contribution in [2.24, 2.45) is 0 Å². The van der Waals surface area contributed by atoms with Crippen LogP contribution in [0.2, 0.25) is 0 Å². The molecule has 7 nitrogen and oxygen atoms in total. The summed E-state index contributed by atoms with van der Waals surface area (Å²) in [4.78, 5) is 25.1. The van der Waals surface area contributed by atoms with Gasteiger partial charge in [0.05, 0.1) is 31.1 Å². The number of halogens is 2. The number of benzene rings is 1. The highest BCUT2D eigenvalue weighted by Gasteiger charge is 2.20. The highest BCUT2D eigenvalue weighted by Crippen LogP contribution is 2.30. The number of ether oxygens (including phenoxy) is 1. The molecule has 0 bridgehead atoms. The monoisotopic (exact) mass is 479 g/mol. The molecule has 182 valence electrons. The van der Waals surface area contributed by atoms with E-state index in [1.165, 1.54) is 16.7 Å². The molecule has 35 heavy (non-hydrogen) atoms. The van der Waals surface area contributed by atoms with Gasteiger partial charge in [0.15, 0.2) is 0 Å². The summed E-state index contributed by atoms with van der Waals surface area (Å²) in [5.41, 5.74) is 3.50. The van der Waals surface area contributed by atoms with Crippen LogP contribution in [0.15, 0.2) is 59.8 Å². The number of hydrogen-bond donors (Lipinski definition) is 1. The van der Waals surface area contributed by atoms with Gasteiger partial charge in [-0.15, -0.1) is 0 Å². The second-order valence-electron chi connectivity index (χ2n) is 9.03. The van der Waals surface area contributed by atoms with Crippen molar-refractivity contribution < 1.29 is 13.5 Å². The third-order valence-electron chi connectivity index (χ3n) is 6.30. The summed E-state index contributed by atoms with van der Waals surface area (Å²) < 4.78 is 34.9. The van der Waals surface area contributed by atoms with E-state index in [0.29, 0.717) is 25.3 Å². The topological polar surface area (TPSA) is 66.4 Å². The van der Waals surface area contributed by atoms with E-state index in [1.54, 1.807) is 12.3 Å². The van der Waals surface area contributed by atoms with Crippen molar-refractivity contribution >= 4 is 16.7 Å². The molecule has 4 heterocycles. The largest absolute Gasteiger partial charge is 0.378 e. The minimum Gasteiger partial charge on any atom is -0.378 e. The third-order valence-corrected chi connectivity index (χ3v) is 6.30. The molecule has 5 rings (SSSR count). The Morgan fingerprint density at radius 3 is 2.54 bits per heavy atom. The van der Waals surface area contributed by atoms with Crippen molar-refractivity contribution in [1.82, 2.24) is 19.4 Å². The number of aromatic amines is 1. The van der Waals surface area contributed by atoms with Gasteiger partial charge in [-0.3, -0.25) is 4.79 Å². The Hall–Kier alpha value is -3.56. The van der Waals surface area contributed by atoms with Crippen LogP contribution in [0, 0.1) is 11.6 Å². The lowest BCUT2D eigenvalue weighted by molar-refractivity contribution is 0.122. The summed E-state index contributed by atoms with van der Waals surface area (Å²) >= 11 is 0. The molecular formula is C26H27F2N5O2. The molecule has 1 aliphatic heterocycles. The van der Waals surface area contributed by atoms with Crippen LogP contribution in [-0.2, 0) is 4.74 Å². The van der Waals surface area contributed by atoms with Gasteiger partial charge in [-0.1, -0.05) is 0 Å². The minimum absolute atomic E-state index is 0.259. The van der Waals surface area contributed by atoms with Gasteiger partial charge in [0.25, 0.3) is 5.56 Å². The lowest BCUT2D eigenvalue weighted by Crippen LogP contribution is -2.36. The first-order valence-electron chi connectivity index (χ1n) is 11.5. The molecule has 0 radical (unpaired) electrons. The molecule has 1 N–H and O–H groups in total. The van der Waals surface area contributed by atoms with Crippen LogP contribution >= 0.6 is 0 Å². The van der Waals surface area contributed by atoms with Crippen LogP contribution in [0.1, 0.15) is 11.6 Å².